The van der Waals surface area contributed by atoms with Gasteiger partial charge in [0.1, 0.15) is 0 Å². The zero-order valence-electron chi connectivity index (χ0n) is 18.5. The molecule has 0 bridgehead atoms. The van der Waals surface area contributed by atoms with E-state index in [-0.39, 0.29) is 5.92 Å². The van der Waals surface area contributed by atoms with Crippen molar-refractivity contribution < 1.29 is 28.4 Å². The Morgan fingerprint density at radius 1 is 0.621 bits per heavy atom. The molecule has 0 aromatic heterocycles. The van der Waals surface area contributed by atoms with Crippen LogP contribution in [0.4, 0.5) is 0 Å². The van der Waals surface area contributed by atoms with Crippen molar-refractivity contribution >= 4 is 0 Å². The second-order valence-electron chi connectivity index (χ2n) is 7.26. The molecule has 0 saturated heterocycles. The maximum Gasteiger partial charge on any atom is 0.203 e. The van der Waals surface area contributed by atoms with Gasteiger partial charge in [-0.3, -0.25) is 0 Å². The van der Waals surface area contributed by atoms with Crippen LogP contribution in [0.25, 0.3) is 11.1 Å². The SMILES string of the molecule is COc1cc2c(c(OC)c1OC)-c1c(cc(OC)c(OC)c1OC)C(C)C(C)C2. The molecule has 29 heavy (non-hydrogen) atoms. The summed E-state index contributed by atoms with van der Waals surface area (Å²) >= 11 is 0. The van der Waals surface area contributed by atoms with Gasteiger partial charge in [-0.25, -0.2) is 0 Å². The van der Waals surface area contributed by atoms with Crippen molar-refractivity contribution in [1.82, 2.24) is 0 Å². The Bertz CT molecular complexity index is 905. The van der Waals surface area contributed by atoms with Crippen molar-refractivity contribution in [2.75, 3.05) is 42.7 Å². The average Bonchev–Trinajstić information content (AvgIpc) is 2.85. The van der Waals surface area contributed by atoms with Crippen molar-refractivity contribution in [3.8, 4) is 45.6 Å². The highest BCUT2D eigenvalue weighted by Crippen LogP contribution is 2.57. The first-order valence-electron chi connectivity index (χ1n) is 9.62. The van der Waals surface area contributed by atoms with Crippen molar-refractivity contribution in [3.05, 3.63) is 23.3 Å². The third-order valence-electron chi connectivity index (χ3n) is 5.91. The molecule has 6 heteroatoms. The summed E-state index contributed by atoms with van der Waals surface area (Å²) in [5, 5.41) is 0. The number of hydrogen-bond acceptors (Lipinski definition) is 6. The lowest BCUT2D eigenvalue weighted by Crippen LogP contribution is -2.08. The zero-order chi connectivity index (χ0) is 21.3. The first kappa shape index (κ1) is 21.0. The van der Waals surface area contributed by atoms with Crippen molar-refractivity contribution in [3.63, 3.8) is 0 Å². The quantitative estimate of drug-likeness (QED) is 0.698. The van der Waals surface area contributed by atoms with Crippen LogP contribution in [0.1, 0.15) is 30.9 Å². The van der Waals surface area contributed by atoms with Crippen LogP contribution in [-0.4, -0.2) is 42.7 Å². The number of benzene rings is 2. The molecule has 3 rings (SSSR count). The minimum Gasteiger partial charge on any atom is -0.493 e. The van der Waals surface area contributed by atoms with E-state index in [0.717, 1.165) is 28.7 Å². The summed E-state index contributed by atoms with van der Waals surface area (Å²) in [6.45, 7) is 4.47. The smallest absolute Gasteiger partial charge is 0.203 e. The van der Waals surface area contributed by atoms with Gasteiger partial charge in [0.05, 0.1) is 42.7 Å². The minimum atomic E-state index is 0.257. The molecule has 0 aliphatic heterocycles. The number of hydrogen-bond donors (Lipinski definition) is 0. The lowest BCUT2D eigenvalue weighted by molar-refractivity contribution is 0.321. The molecule has 0 N–H and O–H groups in total. The van der Waals surface area contributed by atoms with Crippen molar-refractivity contribution in [2.45, 2.75) is 26.2 Å². The van der Waals surface area contributed by atoms with Gasteiger partial charge in [-0.05, 0) is 41.5 Å². The van der Waals surface area contributed by atoms with E-state index in [1.54, 1.807) is 42.7 Å². The Morgan fingerprint density at radius 2 is 1.10 bits per heavy atom. The summed E-state index contributed by atoms with van der Waals surface area (Å²) in [5.74, 6) is 4.27. The van der Waals surface area contributed by atoms with Gasteiger partial charge in [0.2, 0.25) is 11.5 Å². The van der Waals surface area contributed by atoms with E-state index in [1.807, 2.05) is 12.1 Å². The molecule has 2 atom stereocenters. The van der Waals surface area contributed by atoms with Crippen LogP contribution in [0.3, 0.4) is 0 Å². The van der Waals surface area contributed by atoms with E-state index in [9.17, 15) is 0 Å². The number of methoxy groups -OCH3 is 6. The Hall–Kier alpha value is -2.76. The Balaban J connectivity index is 2.53. The predicted molar refractivity (Wildman–Crippen MR) is 112 cm³/mol. The summed E-state index contributed by atoms with van der Waals surface area (Å²) in [7, 11) is 9.78. The van der Waals surface area contributed by atoms with Crippen molar-refractivity contribution in [1.29, 1.82) is 0 Å². The molecule has 0 saturated carbocycles. The third kappa shape index (κ3) is 3.20. The highest BCUT2D eigenvalue weighted by Gasteiger charge is 2.35. The Kier molecular flexibility index (Phi) is 6.01. The van der Waals surface area contributed by atoms with E-state index < -0.39 is 0 Å². The minimum absolute atomic E-state index is 0.257. The highest BCUT2D eigenvalue weighted by atomic mass is 16.5. The fraction of sp³-hybridized carbons (Fsp3) is 0.478. The monoisotopic (exact) mass is 402 g/mol. The van der Waals surface area contributed by atoms with Gasteiger partial charge in [0.15, 0.2) is 23.0 Å². The molecule has 1 aliphatic rings. The maximum atomic E-state index is 5.87. The molecule has 6 nitrogen and oxygen atoms in total. The van der Waals surface area contributed by atoms with E-state index in [4.69, 9.17) is 28.4 Å². The summed E-state index contributed by atoms with van der Waals surface area (Å²) in [4.78, 5) is 0. The molecule has 2 aromatic rings. The van der Waals surface area contributed by atoms with Gasteiger partial charge in [0.25, 0.3) is 0 Å². The first-order chi connectivity index (χ1) is 14.0. The summed E-state index contributed by atoms with van der Waals surface area (Å²) in [6, 6.07) is 4.08. The normalized spacial score (nSPS) is 17.5. The van der Waals surface area contributed by atoms with Gasteiger partial charge in [-0.15, -0.1) is 0 Å². The second-order valence-corrected chi connectivity index (χ2v) is 7.26. The predicted octanol–water partition coefficient (Wildman–Crippen LogP) is 4.70. The number of ether oxygens (including phenoxy) is 6. The molecule has 0 fully saturated rings. The lowest BCUT2D eigenvalue weighted by atomic mass is 9.85. The molecule has 2 aromatic carbocycles. The van der Waals surface area contributed by atoms with Gasteiger partial charge < -0.3 is 28.4 Å². The first-order valence-corrected chi connectivity index (χ1v) is 9.62. The van der Waals surface area contributed by atoms with Crippen LogP contribution >= 0.6 is 0 Å². The van der Waals surface area contributed by atoms with Crippen LogP contribution in [0, 0.1) is 5.92 Å². The van der Waals surface area contributed by atoms with E-state index in [1.165, 1.54) is 0 Å². The maximum absolute atomic E-state index is 5.87. The standard InChI is InChI=1S/C23H30O6/c1-12-9-14-10-16(24-3)20(26-5)22(28-7)18(14)19-15(13(12)2)11-17(25-4)21(27-6)23(19)29-8/h10-13H,9H2,1-8H3. The van der Waals surface area contributed by atoms with E-state index >= 15 is 0 Å². The van der Waals surface area contributed by atoms with Gasteiger partial charge in [-0.2, -0.15) is 0 Å². The van der Waals surface area contributed by atoms with Crippen LogP contribution in [0.15, 0.2) is 12.1 Å². The highest BCUT2D eigenvalue weighted by molar-refractivity contribution is 5.89. The fourth-order valence-corrected chi connectivity index (χ4v) is 4.26. The number of fused-ring (bicyclic) bond motifs is 3. The average molecular weight is 402 g/mol. The molecule has 0 spiro atoms. The van der Waals surface area contributed by atoms with Crippen molar-refractivity contribution in [2.24, 2.45) is 5.92 Å². The van der Waals surface area contributed by atoms with E-state index in [0.29, 0.717) is 40.4 Å². The molecule has 1 aliphatic carbocycles. The lowest BCUT2D eigenvalue weighted by Gasteiger charge is -2.24. The van der Waals surface area contributed by atoms with Crippen LogP contribution < -0.4 is 28.4 Å². The topological polar surface area (TPSA) is 55.4 Å². The molecule has 2 unspecified atom stereocenters. The zero-order valence-corrected chi connectivity index (χ0v) is 18.5. The summed E-state index contributed by atoms with van der Waals surface area (Å²) in [6.07, 6.45) is 0.857. The van der Waals surface area contributed by atoms with Gasteiger partial charge >= 0.3 is 0 Å². The van der Waals surface area contributed by atoms with Gasteiger partial charge in [-0.1, -0.05) is 13.8 Å². The second kappa shape index (κ2) is 8.31. The molecular weight excluding hydrogens is 372 g/mol. The molecule has 0 heterocycles. The third-order valence-corrected chi connectivity index (χ3v) is 5.91. The fourth-order valence-electron chi connectivity index (χ4n) is 4.26. The van der Waals surface area contributed by atoms with Crippen LogP contribution in [0.5, 0.6) is 34.5 Å². The molecule has 158 valence electrons. The summed E-state index contributed by atoms with van der Waals surface area (Å²) < 4.78 is 34.3. The number of rotatable bonds is 6. The van der Waals surface area contributed by atoms with Gasteiger partial charge in [0, 0.05) is 11.1 Å². The molecule has 0 amide bonds. The Labute approximate surface area is 172 Å². The van der Waals surface area contributed by atoms with Crippen LogP contribution in [0.2, 0.25) is 0 Å². The molecular formula is C23H30O6. The van der Waals surface area contributed by atoms with E-state index in [2.05, 4.69) is 13.8 Å². The largest absolute Gasteiger partial charge is 0.493 e. The molecule has 0 radical (unpaired) electrons. The Morgan fingerprint density at radius 3 is 1.59 bits per heavy atom. The van der Waals surface area contributed by atoms with Crippen LogP contribution in [-0.2, 0) is 6.42 Å². The summed E-state index contributed by atoms with van der Waals surface area (Å²) in [5.41, 5.74) is 4.11.